The fourth-order valence-corrected chi connectivity index (χ4v) is 3.88. The quantitative estimate of drug-likeness (QED) is 0.381. The van der Waals surface area contributed by atoms with E-state index >= 15 is 0 Å². The molecule has 4 N–H and O–H groups in total. The van der Waals surface area contributed by atoms with Crippen LogP contribution in [-0.4, -0.2) is 88.2 Å². The SMILES string of the molecule is CN1CC[C@@H](OC(=O)N(C)c2ccccc2-c2ccc(F)c(Cl)c2)C1.O=C(O)CC(O)(CC(=O)O)C(=O)O. The molecule has 0 radical (unpaired) electrons. The van der Waals surface area contributed by atoms with Crippen molar-refractivity contribution in [3.05, 3.63) is 53.3 Å². The summed E-state index contributed by atoms with van der Waals surface area (Å²) in [5, 5.41) is 33.9. The fourth-order valence-electron chi connectivity index (χ4n) is 3.70. The van der Waals surface area contributed by atoms with Crippen molar-refractivity contribution in [1.82, 2.24) is 4.90 Å². The van der Waals surface area contributed by atoms with Crippen LogP contribution < -0.4 is 4.90 Å². The van der Waals surface area contributed by atoms with E-state index in [2.05, 4.69) is 4.90 Å². The summed E-state index contributed by atoms with van der Waals surface area (Å²) in [4.78, 5) is 46.6. The van der Waals surface area contributed by atoms with Crippen molar-refractivity contribution in [3.63, 3.8) is 0 Å². The predicted molar refractivity (Wildman–Crippen MR) is 135 cm³/mol. The molecule has 0 bridgehead atoms. The van der Waals surface area contributed by atoms with Crippen molar-refractivity contribution in [3.8, 4) is 11.1 Å². The number of ether oxygens (including phenoxy) is 1. The van der Waals surface area contributed by atoms with E-state index in [1.165, 1.54) is 11.0 Å². The maximum absolute atomic E-state index is 13.4. The van der Waals surface area contributed by atoms with E-state index in [1.807, 2.05) is 31.3 Å². The van der Waals surface area contributed by atoms with Gasteiger partial charge >= 0.3 is 24.0 Å². The lowest BCUT2D eigenvalue weighted by atomic mass is 9.96. The van der Waals surface area contributed by atoms with Crippen molar-refractivity contribution in [2.45, 2.75) is 31.0 Å². The minimum atomic E-state index is -2.74. The third kappa shape index (κ3) is 8.40. The van der Waals surface area contributed by atoms with Crippen LogP contribution in [0.5, 0.6) is 0 Å². The van der Waals surface area contributed by atoms with Gasteiger partial charge in [0.2, 0.25) is 0 Å². The number of likely N-dealkylation sites (tertiary alicyclic amines) is 1. The summed E-state index contributed by atoms with van der Waals surface area (Å²) in [6.07, 6.45) is -1.94. The third-order valence-electron chi connectivity index (χ3n) is 5.67. The van der Waals surface area contributed by atoms with E-state index in [0.717, 1.165) is 30.6 Å². The van der Waals surface area contributed by atoms with Crippen LogP contribution in [0.1, 0.15) is 19.3 Å². The zero-order valence-corrected chi connectivity index (χ0v) is 21.4. The van der Waals surface area contributed by atoms with Gasteiger partial charge in [-0.2, -0.15) is 0 Å². The lowest BCUT2D eigenvalue weighted by Crippen LogP contribution is -2.42. The lowest BCUT2D eigenvalue weighted by molar-refractivity contribution is -0.170. The normalized spacial score (nSPS) is 15.2. The molecular formula is C25H28ClFN2O9. The Morgan fingerprint density at radius 2 is 1.71 bits per heavy atom. The zero-order valence-electron chi connectivity index (χ0n) is 20.6. The molecule has 0 spiro atoms. The first kappa shape index (κ1) is 30.5. The zero-order chi connectivity index (χ0) is 28.6. The van der Waals surface area contributed by atoms with Gasteiger partial charge in [-0.3, -0.25) is 14.5 Å². The summed E-state index contributed by atoms with van der Waals surface area (Å²) in [6, 6.07) is 11.9. The molecule has 2 aromatic rings. The number of amides is 1. The van der Waals surface area contributed by atoms with E-state index in [-0.39, 0.29) is 11.1 Å². The number of para-hydroxylation sites is 1. The van der Waals surface area contributed by atoms with E-state index in [4.69, 9.17) is 36.8 Å². The van der Waals surface area contributed by atoms with Gasteiger partial charge in [0, 0.05) is 25.7 Å². The first-order valence-electron chi connectivity index (χ1n) is 11.3. The van der Waals surface area contributed by atoms with Crippen LogP contribution >= 0.6 is 11.6 Å². The number of hydrogen-bond donors (Lipinski definition) is 4. The molecule has 1 aliphatic heterocycles. The number of carbonyl (C=O) groups excluding carboxylic acids is 1. The molecule has 206 valence electrons. The highest BCUT2D eigenvalue weighted by Crippen LogP contribution is 2.33. The lowest BCUT2D eigenvalue weighted by Gasteiger charge is -2.22. The second kappa shape index (κ2) is 13.2. The maximum Gasteiger partial charge on any atom is 0.414 e. The van der Waals surface area contributed by atoms with Crippen LogP contribution in [0, 0.1) is 5.82 Å². The van der Waals surface area contributed by atoms with E-state index in [0.29, 0.717) is 5.69 Å². The molecule has 3 rings (SSSR count). The maximum atomic E-state index is 13.4. The second-order valence-corrected chi connectivity index (χ2v) is 9.15. The van der Waals surface area contributed by atoms with Gasteiger partial charge in [0.15, 0.2) is 5.60 Å². The van der Waals surface area contributed by atoms with Gasteiger partial charge < -0.3 is 30.1 Å². The van der Waals surface area contributed by atoms with Gasteiger partial charge in [-0.15, -0.1) is 0 Å². The molecule has 13 heteroatoms. The van der Waals surface area contributed by atoms with E-state index in [1.54, 1.807) is 19.2 Å². The highest BCUT2D eigenvalue weighted by Gasteiger charge is 2.40. The molecule has 0 unspecified atom stereocenters. The number of rotatable bonds is 8. The number of benzene rings is 2. The Kier molecular flexibility index (Phi) is 10.6. The summed E-state index contributed by atoms with van der Waals surface area (Å²) in [7, 11) is 3.68. The monoisotopic (exact) mass is 554 g/mol. The number of carboxylic acid groups (broad SMARTS) is 3. The van der Waals surface area contributed by atoms with E-state index in [9.17, 15) is 23.6 Å². The highest BCUT2D eigenvalue weighted by atomic mass is 35.5. The predicted octanol–water partition coefficient (Wildman–Crippen LogP) is 3.17. The Balaban J connectivity index is 0.000000332. The minimum Gasteiger partial charge on any atom is -0.481 e. The second-order valence-electron chi connectivity index (χ2n) is 8.74. The van der Waals surface area contributed by atoms with Crippen molar-refractivity contribution in [1.29, 1.82) is 0 Å². The number of likely N-dealkylation sites (N-methyl/N-ethyl adjacent to an activating group) is 1. The van der Waals surface area contributed by atoms with Crippen molar-refractivity contribution in [2.24, 2.45) is 0 Å². The number of aliphatic hydroxyl groups is 1. The molecule has 1 aliphatic rings. The number of halogens is 2. The molecule has 0 saturated carbocycles. The Bertz CT molecular complexity index is 1180. The van der Waals surface area contributed by atoms with Gasteiger partial charge in [-0.05, 0) is 37.2 Å². The number of carbonyl (C=O) groups is 4. The molecule has 1 amide bonds. The summed E-state index contributed by atoms with van der Waals surface area (Å²) in [6.45, 7) is 1.67. The number of aliphatic carboxylic acids is 3. The molecule has 1 fully saturated rings. The van der Waals surface area contributed by atoms with Gasteiger partial charge in [-0.25, -0.2) is 14.0 Å². The number of carboxylic acids is 3. The average molecular weight is 555 g/mol. The van der Waals surface area contributed by atoms with E-state index < -0.39 is 48.3 Å². The molecule has 1 heterocycles. The largest absolute Gasteiger partial charge is 0.481 e. The summed E-state index contributed by atoms with van der Waals surface area (Å²) >= 11 is 5.90. The Labute approximate surface area is 222 Å². The van der Waals surface area contributed by atoms with Crippen LogP contribution in [0.2, 0.25) is 5.02 Å². The first-order chi connectivity index (χ1) is 17.7. The smallest absolute Gasteiger partial charge is 0.414 e. The molecular weight excluding hydrogens is 527 g/mol. The third-order valence-corrected chi connectivity index (χ3v) is 5.96. The van der Waals surface area contributed by atoms with Gasteiger partial charge in [-0.1, -0.05) is 35.9 Å². The standard InChI is InChI=1S/C19H20ClFN2O2.C6H8O7/c1-22-10-9-14(12-22)25-19(24)23(2)18-6-4-3-5-15(18)13-7-8-17(21)16(20)11-13;7-3(8)1-6(13,5(11)12)2-4(9)10/h3-8,11,14H,9-10,12H2,1-2H3;13H,1-2H2,(H,7,8)(H,9,10)(H,11,12)/t14-;/m1./s1. The van der Waals surface area contributed by atoms with Crippen molar-refractivity contribution < 1.29 is 48.7 Å². The number of nitrogens with zero attached hydrogens (tertiary/aromatic N) is 2. The van der Waals surface area contributed by atoms with Crippen LogP contribution in [0.4, 0.5) is 14.9 Å². The molecule has 2 aromatic carbocycles. The minimum absolute atomic E-state index is 0.0477. The van der Waals surface area contributed by atoms with Crippen molar-refractivity contribution in [2.75, 3.05) is 32.1 Å². The Hall–Kier alpha value is -3.74. The average Bonchev–Trinajstić information content (AvgIpc) is 3.24. The molecule has 11 nitrogen and oxygen atoms in total. The Morgan fingerprint density at radius 3 is 2.21 bits per heavy atom. The molecule has 1 saturated heterocycles. The Morgan fingerprint density at radius 1 is 1.11 bits per heavy atom. The summed E-state index contributed by atoms with van der Waals surface area (Å²) in [5.41, 5.74) is -0.534. The summed E-state index contributed by atoms with van der Waals surface area (Å²) < 4.78 is 19.0. The molecule has 1 atom stereocenters. The van der Waals surface area contributed by atoms with Crippen LogP contribution in [0.15, 0.2) is 42.5 Å². The van der Waals surface area contributed by atoms with Crippen LogP contribution in [0.3, 0.4) is 0 Å². The van der Waals surface area contributed by atoms with Gasteiger partial charge in [0.25, 0.3) is 0 Å². The number of hydrogen-bond acceptors (Lipinski definition) is 7. The highest BCUT2D eigenvalue weighted by molar-refractivity contribution is 6.31. The van der Waals surface area contributed by atoms with Gasteiger partial charge in [0.1, 0.15) is 11.9 Å². The van der Waals surface area contributed by atoms with Gasteiger partial charge in [0.05, 0.1) is 23.6 Å². The number of anilines is 1. The molecule has 38 heavy (non-hydrogen) atoms. The summed E-state index contributed by atoms with van der Waals surface area (Å²) in [5.74, 6) is -5.49. The first-order valence-corrected chi connectivity index (χ1v) is 11.7. The molecule has 0 aromatic heterocycles. The fraction of sp³-hybridized carbons (Fsp3) is 0.360. The van der Waals surface area contributed by atoms with Crippen LogP contribution in [-0.2, 0) is 19.1 Å². The van der Waals surface area contributed by atoms with Crippen molar-refractivity contribution >= 4 is 41.3 Å². The van der Waals surface area contributed by atoms with Crippen LogP contribution in [0.25, 0.3) is 11.1 Å². The topological polar surface area (TPSA) is 165 Å². The molecule has 0 aliphatic carbocycles.